The maximum atomic E-state index is 12.0. The Balaban J connectivity index is 1.71. The number of piperidine rings is 1. The van der Waals surface area contributed by atoms with Crippen molar-refractivity contribution in [2.24, 2.45) is 0 Å². The fraction of sp³-hybridized carbons (Fsp3) is 0.647. The standard InChI is InChI=1S/C17H24N4O4/c1-11-8-14(21-9-12(2)25-17(21)23)19-16(18-11)13-4-6-20(7-5-13)15(22)10-24-3/h8,12-13H,4-7,9-10H2,1-3H3. The summed E-state index contributed by atoms with van der Waals surface area (Å²) in [6.07, 6.45) is 1.11. The molecule has 2 fully saturated rings. The van der Waals surface area contributed by atoms with Crippen LogP contribution in [0.3, 0.4) is 0 Å². The quantitative estimate of drug-likeness (QED) is 0.819. The van der Waals surface area contributed by atoms with E-state index in [-0.39, 0.29) is 30.6 Å². The number of hydrogen-bond acceptors (Lipinski definition) is 6. The molecule has 1 unspecified atom stereocenters. The first-order valence-corrected chi connectivity index (χ1v) is 8.58. The van der Waals surface area contributed by atoms with E-state index in [0.29, 0.717) is 25.5 Å². The zero-order chi connectivity index (χ0) is 18.0. The van der Waals surface area contributed by atoms with Gasteiger partial charge in [0.1, 0.15) is 24.4 Å². The van der Waals surface area contributed by atoms with E-state index in [9.17, 15) is 9.59 Å². The van der Waals surface area contributed by atoms with Gasteiger partial charge in [-0.2, -0.15) is 0 Å². The predicted octanol–water partition coefficient (Wildman–Crippen LogP) is 1.48. The van der Waals surface area contributed by atoms with E-state index in [1.165, 1.54) is 7.11 Å². The lowest BCUT2D eigenvalue weighted by Gasteiger charge is -2.31. The largest absolute Gasteiger partial charge is 0.444 e. The van der Waals surface area contributed by atoms with Crippen LogP contribution in [0, 0.1) is 6.92 Å². The summed E-state index contributed by atoms with van der Waals surface area (Å²) in [5.74, 6) is 1.53. The van der Waals surface area contributed by atoms with Gasteiger partial charge in [-0.15, -0.1) is 0 Å². The van der Waals surface area contributed by atoms with Crippen LogP contribution in [0.4, 0.5) is 10.6 Å². The molecule has 2 aliphatic heterocycles. The molecule has 3 heterocycles. The smallest absolute Gasteiger partial charge is 0.415 e. The van der Waals surface area contributed by atoms with Crippen molar-refractivity contribution in [3.8, 4) is 0 Å². The van der Waals surface area contributed by atoms with Crippen molar-refractivity contribution in [2.45, 2.75) is 38.7 Å². The first kappa shape index (κ1) is 17.6. The maximum Gasteiger partial charge on any atom is 0.415 e. The molecule has 0 saturated carbocycles. The van der Waals surface area contributed by atoms with Gasteiger partial charge in [-0.1, -0.05) is 0 Å². The van der Waals surface area contributed by atoms with Crippen LogP contribution in [0.1, 0.15) is 37.2 Å². The fourth-order valence-corrected chi connectivity index (χ4v) is 3.29. The Bertz CT molecular complexity index is 658. The lowest BCUT2D eigenvalue weighted by Crippen LogP contribution is -2.40. The third kappa shape index (κ3) is 3.89. The minimum absolute atomic E-state index is 0.0144. The molecule has 1 aromatic rings. The lowest BCUT2D eigenvalue weighted by molar-refractivity contribution is -0.136. The molecule has 136 valence electrons. The van der Waals surface area contributed by atoms with Crippen LogP contribution in [-0.2, 0) is 14.3 Å². The van der Waals surface area contributed by atoms with E-state index < -0.39 is 0 Å². The number of rotatable bonds is 4. The summed E-state index contributed by atoms with van der Waals surface area (Å²) >= 11 is 0. The topological polar surface area (TPSA) is 84.9 Å². The molecular weight excluding hydrogens is 324 g/mol. The molecule has 0 spiro atoms. The van der Waals surface area contributed by atoms with Crippen LogP contribution in [0.25, 0.3) is 0 Å². The Morgan fingerprint density at radius 1 is 1.36 bits per heavy atom. The Hall–Kier alpha value is -2.22. The summed E-state index contributed by atoms with van der Waals surface area (Å²) in [4.78, 5) is 36.4. The first-order valence-electron chi connectivity index (χ1n) is 8.58. The molecule has 0 N–H and O–H groups in total. The monoisotopic (exact) mass is 348 g/mol. The van der Waals surface area contributed by atoms with Gasteiger partial charge in [0.15, 0.2) is 0 Å². The second-order valence-corrected chi connectivity index (χ2v) is 6.62. The van der Waals surface area contributed by atoms with Gasteiger partial charge in [0, 0.05) is 37.9 Å². The summed E-state index contributed by atoms with van der Waals surface area (Å²) in [7, 11) is 1.52. The van der Waals surface area contributed by atoms with Crippen molar-refractivity contribution in [2.75, 3.05) is 38.3 Å². The molecule has 2 aliphatic rings. The van der Waals surface area contributed by atoms with Crippen LogP contribution < -0.4 is 4.90 Å². The molecule has 2 saturated heterocycles. The second kappa shape index (κ2) is 7.35. The maximum absolute atomic E-state index is 12.0. The molecule has 1 aromatic heterocycles. The van der Waals surface area contributed by atoms with Gasteiger partial charge in [-0.05, 0) is 26.7 Å². The fourth-order valence-electron chi connectivity index (χ4n) is 3.29. The van der Waals surface area contributed by atoms with Crippen molar-refractivity contribution in [1.29, 1.82) is 0 Å². The van der Waals surface area contributed by atoms with Gasteiger partial charge in [0.05, 0.1) is 6.54 Å². The minimum Gasteiger partial charge on any atom is -0.444 e. The van der Waals surface area contributed by atoms with Crippen LogP contribution in [0.5, 0.6) is 0 Å². The van der Waals surface area contributed by atoms with Crippen LogP contribution in [0.15, 0.2) is 6.07 Å². The van der Waals surface area contributed by atoms with Crippen molar-refractivity contribution >= 4 is 17.8 Å². The zero-order valence-electron chi connectivity index (χ0n) is 14.9. The van der Waals surface area contributed by atoms with E-state index >= 15 is 0 Å². The van der Waals surface area contributed by atoms with E-state index in [4.69, 9.17) is 9.47 Å². The number of cyclic esters (lactones) is 1. The number of aromatic nitrogens is 2. The highest BCUT2D eigenvalue weighted by Crippen LogP contribution is 2.28. The molecular formula is C17H24N4O4. The second-order valence-electron chi connectivity index (χ2n) is 6.62. The van der Waals surface area contributed by atoms with E-state index in [2.05, 4.69) is 9.97 Å². The first-order chi connectivity index (χ1) is 12.0. The average Bonchev–Trinajstić information content (AvgIpc) is 2.93. The summed E-state index contributed by atoms with van der Waals surface area (Å²) < 4.78 is 10.1. The Morgan fingerprint density at radius 3 is 2.68 bits per heavy atom. The molecule has 0 aromatic carbocycles. The van der Waals surface area contributed by atoms with Gasteiger partial charge < -0.3 is 14.4 Å². The highest BCUT2D eigenvalue weighted by molar-refractivity contribution is 5.88. The number of aryl methyl sites for hydroxylation is 1. The van der Waals surface area contributed by atoms with Crippen molar-refractivity contribution in [3.05, 3.63) is 17.6 Å². The van der Waals surface area contributed by atoms with Crippen molar-refractivity contribution in [1.82, 2.24) is 14.9 Å². The number of likely N-dealkylation sites (tertiary alicyclic amines) is 1. The SMILES string of the molecule is COCC(=O)N1CCC(c2nc(C)cc(N3CC(C)OC3=O)n2)CC1. The molecule has 2 amide bonds. The number of ether oxygens (including phenoxy) is 2. The molecule has 8 heteroatoms. The van der Waals surface area contributed by atoms with Gasteiger partial charge in [-0.3, -0.25) is 9.69 Å². The molecule has 8 nitrogen and oxygen atoms in total. The third-order valence-electron chi connectivity index (χ3n) is 4.58. The van der Waals surface area contributed by atoms with Crippen LogP contribution in [-0.4, -0.2) is 66.3 Å². The van der Waals surface area contributed by atoms with Gasteiger partial charge in [-0.25, -0.2) is 14.8 Å². The average molecular weight is 348 g/mol. The predicted molar refractivity (Wildman–Crippen MR) is 90.5 cm³/mol. The summed E-state index contributed by atoms with van der Waals surface area (Å²) in [6, 6.07) is 1.81. The van der Waals surface area contributed by atoms with E-state index in [0.717, 1.165) is 24.4 Å². The number of anilines is 1. The highest BCUT2D eigenvalue weighted by Gasteiger charge is 2.32. The van der Waals surface area contributed by atoms with Crippen LogP contribution in [0.2, 0.25) is 0 Å². The number of hydrogen-bond donors (Lipinski definition) is 0. The molecule has 25 heavy (non-hydrogen) atoms. The van der Waals surface area contributed by atoms with Crippen molar-refractivity contribution < 1.29 is 19.1 Å². The zero-order valence-corrected chi connectivity index (χ0v) is 14.9. The van der Waals surface area contributed by atoms with Crippen molar-refractivity contribution in [3.63, 3.8) is 0 Å². The van der Waals surface area contributed by atoms with Crippen LogP contribution >= 0.6 is 0 Å². The molecule has 3 rings (SSSR count). The van der Waals surface area contributed by atoms with E-state index in [1.807, 2.05) is 18.7 Å². The normalized spacial score (nSPS) is 21.6. The minimum atomic E-state index is -0.364. The van der Waals surface area contributed by atoms with Gasteiger partial charge in [0.25, 0.3) is 0 Å². The Labute approximate surface area is 147 Å². The molecule has 1 atom stereocenters. The van der Waals surface area contributed by atoms with Gasteiger partial charge in [0.2, 0.25) is 5.91 Å². The number of nitrogens with zero attached hydrogens (tertiary/aromatic N) is 4. The summed E-state index contributed by atoms with van der Waals surface area (Å²) in [5, 5.41) is 0. The number of carbonyl (C=O) groups is 2. The lowest BCUT2D eigenvalue weighted by atomic mass is 9.95. The molecule has 0 bridgehead atoms. The Morgan fingerprint density at radius 2 is 2.08 bits per heavy atom. The number of methoxy groups -OCH3 is 1. The Kier molecular flexibility index (Phi) is 5.17. The summed E-state index contributed by atoms with van der Waals surface area (Å²) in [5.41, 5.74) is 0.824. The molecule has 0 aliphatic carbocycles. The molecule has 0 radical (unpaired) electrons. The van der Waals surface area contributed by atoms with E-state index in [1.54, 1.807) is 11.0 Å². The summed E-state index contributed by atoms with van der Waals surface area (Å²) in [6.45, 7) is 5.71. The number of carbonyl (C=O) groups excluding carboxylic acids is 2. The highest BCUT2D eigenvalue weighted by atomic mass is 16.6. The number of amides is 2. The third-order valence-corrected chi connectivity index (χ3v) is 4.58. The van der Waals surface area contributed by atoms with Gasteiger partial charge >= 0.3 is 6.09 Å².